The molecule has 0 aliphatic rings. The summed E-state index contributed by atoms with van der Waals surface area (Å²) in [5.41, 5.74) is 5.08. The summed E-state index contributed by atoms with van der Waals surface area (Å²) in [6.07, 6.45) is 3.57. The minimum absolute atomic E-state index is 0.241. The molecule has 1 heterocycles. The van der Waals surface area contributed by atoms with Crippen molar-refractivity contribution in [3.05, 3.63) is 77.4 Å². The zero-order valence-corrected chi connectivity index (χ0v) is 14.9. The second-order valence-corrected chi connectivity index (χ2v) is 6.42. The zero-order chi connectivity index (χ0) is 17.8. The summed E-state index contributed by atoms with van der Waals surface area (Å²) in [5.74, 6) is -0.241. The number of anilines is 2. The molecular weight excluding hydrogens is 335 g/mol. The van der Waals surface area contributed by atoms with E-state index >= 15 is 0 Å². The van der Waals surface area contributed by atoms with Gasteiger partial charge >= 0.3 is 0 Å². The topological polar surface area (TPSA) is 41.9 Å². The van der Waals surface area contributed by atoms with Gasteiger partial charge in [0.25, 0.3) is 0 Å². The maximum atomic E-state index is 12.9. The van der Waals surface area contributed by atoms with Gasteiger partial charge in [-0.2, -0.15) is 5.10 Å². The first-order valence-corrected chi connectivity index (χ1v) is 8.32. The van der Waals surface area contributed by atoms with Gasteiger partial charge in [-0.05, 0) is 67.0 Å². The Labute approximate surface area is 151 Å². The molecule has 0 bridgehead atoms. The van der Waals surface area contributed by atoms with E-state index in [1.165, 1.54) is 23.3 Å². The van der Waals surface area contributed by atoms with Crippen LogP contribution in [0.25, 0.3) is 0 Å². The van der Waals surface area contributed by atoms with Crippen molar-refractivity contribution >= 4 is 28.7 Å². The number of rotatable bonds is 4. The quantitative estimate of drug-likeness (QED) is 0.677. The van der Waals surface area contributed by atoms with E-state index in [1.54, 1.807) is 23.0 Å². The van der Waals surface area contributed by atoms with E-state index in [-0.39, 0.29) is 5.82 Å². The first kappa shape index (κ1) is 17.1. The zero-order valence-electron chi connectivity index (χ0n) is 14.1. The van der Waals surface area contributed by atoms with E-state index in [4.69, 9.17) is 12.2 Å². The van der Waals surface area contributed by atoms with Crippen LogP contribution in [0.2, 0.25) is 0 Å². The van der Waals surface area contributed by atoms with Gasteiger partial charge in [0.2, 0.25) is 0 Å². The molecule has 0 spiro atoms. The van der Waals surface area contributed by atoms with Crippen molar-refractivity contribution < 1.29 is 4.39 Å². The molecule has 1 aromatic heterocycles. The molecule has 2 N–H and O–H groups in total. The molecule has 0 fully saturated rings. The van der Waals surface area contributed by atoms with Crippen molar-refractivity contribution in [1.82, 2.24) is 9.78 Å². The fourth-order valence-corrected chi connectivity index (χ4v) is 2.87. The van der Waals surface area contributed by atoms with Gasteiger partial charge in [-0.3, -0.25) is 4.68 Å². The van der Waals surface area contributed by atoms with Crippen LogP contribution in [-0.4, -0.2) is 14.9 Å². The Kier molecular flexibility index (Phi) is 5.09. The Hall–Kier alpha value is -2.73. The number of aryl methyl sites for hydroxylation is 2. The molecule has 4 nitrogen and oxygen atoms in total. The molecule has 0 saturated carbocycles. The van der Waals surface area contributed by atoms with E-state index in [0.29, 0.717) is 11.7 Å². The fraction of sp³-hybridized carbons (Fsp3) is 0.158. The van der Waals surface area contributed by atoms with E-state index in [2.05, 4.69) is 21.8 Å². The van der Waals surface area contributed by atoms with Crippen molar-refractivity contribution in [3.63, 3.8) is 0 Å². The molecule has 3 rings (SSSR count). The number of nitrogens with zero attached hydrogens (tertiary/aromatic N) is 2. The third kappa shape index (κ3) is 4.87. The summed E-state index contributed by atoms with van der Waals surface area (Å²) in [6.45, 7) is 4.67. The maximum Gasteiger partial charge on any atom is 0.175 e. The maximum absolute atomic E-state index is 12.9. The van der Waals surface area contributed by atoms with Crippen LogP contribution in [0, 0.1) is 19.7 Å². The molecule has 6 heteroatoms. The molecule has 0 amide bonds. The van der Waals surface area contributed by atoms with Crippen LogP contribution < -0.4 is 10.6 Å². The van der Waals surface area contributed by atoms with Gasteiger partial charge in [-0.15, -0.1) is 0 Å². The van der Waals surface area contributed by atoms with Crippen LogP contribution in [0.5, 0.6) is 0 Å². The highest BCUT2D eigenvalue weighted by atomic mass is 32.1. The molecule has 0 atom stereocenters. The normalized spacial score (nSPS) is 10.5. The van der Waals surface area contributed by atoms with Crippen molar-refractivity contribution in [2.75, 3.05) is 10.6 Å². The van der Waals surface area contributed by atoms with Gasteiger partial charge in [-0.25, -0.2) is 4.39 Å². The summed E-state index contributed by atoms with van der Waals surface area (Å²) in [4.78, 5) is 0. The molecule has 0 aliphatic carbocycles. The van der Waals surface area contributed by atoms with Crippen LogP contribution in [0.15, 0.2) is 54.9 Å². The number of aromatic nitrogens is 2. The SMILES string of the molecule is Cc1cc(C)cc(NC(=S)Nc2cnn(Cc3ccc(F)cc3)c2)c1. The molecule has 0 saturated heterocycles. The minimum atomic E-state index is -0.241. The largest absolute Gasteiger partial charge is 0.332 e. The number of thiocarbonyl (C=S) groups is 1. The highest BCUT2D eigenvalue weighted by Gasteiger charge is 2.04. The Morgan fingerprint density at radius 2 is 1.68 bits per heavy atom. The fourth-order valence-electron chi connectivity index (χ4n) is 2.63. The number of hydrogen-bond acceptors (Lipinski definition) is 2. The monoisotopic (exact) mass is 354 g/mol. The molecule has 25 heavy (non-hydrogen) atoms. The number of nitrogens with one attached hydrogen (secondary N) is 2. The van der Waals surface area contributed by atoms with Gasteiger partial charge in [0.05, 0.1) is 18.4 Å². The summed E-state index contributed by atoms with van der Waals surface area (Å²) in [6, 6.07) is 12.6. The number of hydrogen-bond donors (Lipinski definition) is 2. The standard InChI is InChI=1S/C19H19FN4S/c1-13-7-14(2)9-17(8-13)22-19(25)23-18-10-21-24(12-18)11-15-3-5-16(20)6-4-15/h3-10,12H,11H2,1-2H3,(H2,22,23,25). The van der Waals surface area contributed by atoms with Crippen LogP contribution >= 0.6 is 12.2 Å². The van der Waals surface area contributed by atoms with Crippen molar-refractivity contribution in [2.45, 2.75) is 20.4 Å². The third-order valence-corrected chi connectivity index (χ3v) is 3.83. The molecule has 0 radical (unpaired) electrons. The lowest BCUT2D eigenvalue weighted by atomic mass is 10.1. The summed E-state index contributed by atoms with van der Waals surface area (Å²) in [7, 11) is 0. The highest BCUT2D eigenvalue weighted by molar-refractivity contribution is 7.80. The third-order valence-electron chi connectivity index (χ3n) is 3.63. The van der Waals surface area contributed by atoms with E-state index < -0.39 is 0 Å². The summed E-state index contributed by atoms with van der Waals surface area (Å²) < 4.78 is 14.7. The Morgan fingerprint density at radius 1 is 1.04 bits per heavy atom. The predicted octanol–water partition coefficient (Wildman–Crippen LogP) is 4.50. The molecule has 2 aromatic carbocycles. The van der Waals surface area contributed by atoms with Crippen LogP contribution in [0.3, 0.4) is 0 Å². The van der Waals surface area contributed by atoms with Gasteiger partial charge in [-0.1, -0.05) is 18.2 Å². The Balaban J connectivity index is 1.60. The molecule has 3 aromatic rings. The highest BCUT2D eigenvalue weighted by Crippen LogP contribution is 2.15. The van der Waals surface area contributed by atoms with Gasteiger partial charge < -0.3 is 10.6 Å². The molecular formula is C19H19FN4S. The smallest absolute Gasteiger partial charge is 0.175 e. The first-order valence-electron chi connectivity index (χ1n) is 7.91. The van der Waals surface area contributed by atoms with Crippen LogP contribution in [-0.2, 0) is 6.54 Å². The summed E-state index contributed by atoms with van der Waals surface area (Å²) in [5, 5.41) is 11.1. The number of benzene rings is 2. The average molecular weight is 354 g/mol. The lowest BCUT2D eigenvalue weighted by Crippen LogP contribution is -2.18. The second kappa shape index (κ2) is 7.44. The Morgan fingerprint density at radius 3 is 2.36 bits per heavy atom. The second-order valence-electron chi connectivity index (χ2n) is 6.01. The lowest BCUT2D eigenvalue weighted by Gasteiger charge is -2.10. The van der Waals surface area contributed by atoms with Crippen molar-refractivity contribution in [1.29, 1.82) is 0 Å². The van der Waals surface area contributed by atoms with E-state index in [1.807, 2.05) is 32.2 Å². The lowest BCUT2D eigenvalue weighted by molar-refractivity contribution is 0.624. The van der Waals surface area contributed by atoms with E-state index in [9.17, 15) is 4.39 Å². The molecule has 0 unspecified atom stereocenters. The predicted molar refractivity (Wildman–Crippen MR) is 103 cm³/mol. The van der Waals surface area contributed by atoms with Crippen molar-refractivity contribution in [3.8, 4) is 0 Å². The van der Waals surface area contributed by atoms with Crippen molar-refractivity contribution in [2.24, 2.45) is 0 Å². The van der Waals surface area contributed by atoms with Gasteiger partial charge in [0.15, 0.2) is 5.11 Å². The average Bonchev–Trinajstić information content (AvgIpc) is 2.95. The molecule has 128 valence electrons. The minimum Gasteiger partial charge on any atom is -0.332 e. The van der Waals surface area contributed by atoms with E-state index in [0.717, 1.165) is 16.9 Å². The van der Waals surface area contributed by atoms with Gasteiger partial charge in [0, 0.05) is 11.9 Å². The summed E-state index contributed by atoms with van der Waals surface area (Å²) >= 11 is 5.36. The van der Waals surface area contributed by atoms with Crippen LogP contribution in [0.4, 0.5) is 15.8 Å². The number of halogens is 1. The van der Waals surface area contributed by atoms with Crippen LogP contribution in [0.1, 0.15) is 16.7 Å². The molecule has 0 aliphatic heterocycles. The Bertz CT molecular complexity index is 866. The van der Waals surface area contributed by atoms with Gasteiger partial charge in [0.1, 0.15) is 5.82 Å². The first-order chi connectivity index (χ1) is 12.0.